The number of carbonyl (C=O) groups excluding carboxylic acids is 1. The van der Waals surface area contributed by atoms with Crippen molar-refractivity contribution < 1.29 is 13.2 Å². The van der Waals surface area contributed by atoms with Crippen molar-refractivity contribution in [3.05, 3.63) is 0 Å². The predicted molar refractivity (Wildman–Crippen MR) is 71.0 cm³/mol. The maximum absolute atomic E-state index is 12.1. The Morgan fingerprint density at radius 3 is 2.22 bits per heavy atom. The van der Waals surface area contributed by atoms with E-state index in [2.05, 4.69) is 5.32 Å². The first kappa shape index (κ1) is 13.8. The van der Waals surface area contributed by atoms with Crippen LogP contribution in [-0.4, -0.2) is 31.9 Å². The van der Waals surface area contributed by atoms with Crippen molar-refractivity contribution >= 4 is 15.7 Å². The summed E-state index contributed by atoms with van der Waals surface area (Å²) in [7, 11) is -2.99. The summed E-state index contributed by atoms with van der Waals surface area (Å²) in [5.41, 5.74) is 0. The van der Waals surface area contributed by atoms with E-state index in [4.69, 9.17) is 0 Å². The van der Waals surface area contributed by atoms with Crippen LogP contribution >= 0.6 is 0 Å². The largest absolute Gasteiger partial charge is 0.353 e. The average Bonchev–Trinajstić information content (AvgIpc) is 2.56. The number of amides is 1. The molecule has 5 heteroatoms. The molecule has 0 spiro atoms. The van der Waals surface area contributed by atoms with Crippen LogP contribution in [0, 0.1) is 5.92 Å². The highest BCUT2D eigenvalue weighted by Gasteiger charge is 2.30. The highest BCUT2D eigenvalue weighted by Crippen LogP contribution is 2.21. The molecule has 0 aromatic heterocycles. The second-order valence-electron chi connectivity index (χ2n) is 5.65. The lowest BCUT2D eigenvalue weighted by Gasteiger charge is -2.24. The third kappa shape index (κ3) is 3.97. The standard InChI is InChI=1S/C13H23NO3S/c15-13(11-6-5-9-18(16,17)10-11)14-12-7-3-1-2-4-8-12/h11-12H,1-10H2,(H,14,15). The molecule has 4 nitrogen and oxygen atoms in total. The van der Waals surface area contributed by atoms with Gasteiger partial charge in [0.25, 0.3) is 0 Å². The topological polar surface area (TPSA) is 63.2 Å². The molecule has 2 aliphatic rings. The van der Waals surface area contributed by atoms with Crippen molar-refractivity contribution in [2.45, 2.75) is 57.4 Å². The minimum Gasteiger partial charge on any atom is -0.353 e. The maximum atomic E-state index is 12.1. The van der Waals surface area contributed by atoms with Crippen molar-refractivity contribution in [2.24, 2.45) is 5.92 Å². The molecule has 18 heavy (non-hydrogen) atoms. The summed E-state index contributed by atoms with van der Waals surface area (Å²) in [5, 5.41) is 3.06. The summed E-state index contributed by atoms with van der Waals surface area (Å²) in [6.07, 6.45) is 8.30. The minimum absolute atomic E-state index is 0.0369. The molecule has 0 aromatic carbocycles. The third-order valence-corrected chi connectivity index (χ3v) is 5.86. The van der Waals surface area contributed by atoms with Gasteiger partial charge in [-0.05, 0) is 25.7 Å². The van der Waals surface area contributed by atoms with E-state index in [0.717, 1.165) is 19.3 Å². The Morgan fingerprint density at radius 1 is 0.944 bits per heavy atom. The molecule has 1 unspecified atom stereocenters. The van der Waals surface area contributed by atoms with Crippen molar-refractivity contribution in [3.63, 3.8) is 0 Å². The van der Waals surface area contributed by atoms with Crippen LogP contribution < -0.4 is 5.32 Å². The fraction of sp³-hybridized carbons (Fsp3) is 0.923. The highest BCUT2D eigenvalue weighted by molar-refractivity contribution is 7.91. The first-order valence-corrected chi connectivity index (χ1v) is 8.90. The molecular weight excluding hydrogens is 250 g/mol. The van der Waals surface area contributed by atoms with Gasteiger partial charge in [-0.1, -0.05) is 25.7 Å². The molecule has 1 amide bonds. The van der Waals surface area contributed by atoms with Crippen LogP contribution in [0.25, 0.3) is 0 Å². The molecular formula is C13H23NO3S. The fourth-order valence-electron chi connectivity index (χ4n) is 2.97. The van der Waals surface area contributed by atoms with Gasteiger partial charge < -0.3 is 5.32 Å². The van der Waals surface area contributed by atoms with E-state index < -0.39 is 9.84 Å². The zero-order chi connectivity index (χ0) is 13.0. The van der Waals surface area contributed by atoms with Crippen LogP contribution in [-0.2, 0) is 14.6 Å². The summed E-state index contributed by atoms with van der Waals surface area (Å²) in [4.78, 5) is 12.1. The SMILES string of the molecule is O=C(NC1CCCCCC1)C1CCCS(=O)(=O)C1. The molecule has 1 saturated carbocycles. The molecule has 1 heterocycles. The number of rotatable bonds is 2. The first-order valence-electron chi connectivity index (χ1n) is 7.08. The highest BCUT2D eigenvalue weighted by atomic mass is 32.2. The van der Waals surface area contributed by atoms with Gasteiger partial charge in [0.2, 0.25) is 5.91 Å². The van der Waals surface area contributed by atoms with Crippen LogP contribution in [0.15, 0.2) is 0 Å². The molecule has 104 valence electrons. The van der Waals surface area contributed by atoms with Crippen molar-refractivity contribution in [2.75, 3.05) is 11.5 Å². The lowest BCUT2D eigenvalue weighted by molar-refractivity contribution is -0.125. The molecule has 1 aliphatic heterocycles. The molecule has 0 radical (unpaired) electrons. The second-order valence-corrected chi connectivity index (χ2v) is 7.88. The van der Waals surface area contributed by atoms with Crippen molar-refractivity contribution in [1.82, 2.24) is 5.32 Å². The Bertz CT molecular complexity index is 383. The zero-order valence-electron chi connectivity index (χ0n) is 10.9. The van der Waals surface area contributed by atoms with Crippen molar-refractivity contribution in [3.8, 4) is 0 Å². The molecule has 0 aromatic rings. The van der Waals surface area contributed by atoms with E-state index in [1.807, 2.05) is 0 Å². The average molecular weight is 273 g/mol. The van der Waals surface area contributed by atoms with Crippen LogP contribution in [0.5, 0.6) is 0 Å². The Hall–Kier alpha value is -0.580. The Kier molecular flexibility index (Phi) is 4.65. The first-order chi connectivity index (χ1) is 8.57. The summed E-state index contributed by atoms with van der Waals surface area (Å²) >= 11 is 0. The van der Waals surface area contributed by atoms with Gasteiger partial charge in [0.15, 0.2) is 9.84 Å². The molecule has 1 aliphatic carbocycles. The number of sulfone groups is 1. The normalized spacial score (nSPS) is 29.4. The number of carbonyl (C=O) groups is 1. The van der Waals surface area contributed by atoms with Gasteiger partial charge in [-0.3, -0.25) is 4.79 Å². The predicted octanol–water partition coefficient (Wildman–Crippen LogP) is 1.65. The zero-order valence-corrected chi connectivity index (χ0v) is 11.7. The van der Waals surface area contributed by atoms with E-state index in [1.165, 1.54) is 25.7 Å². The second kappa shape index (κ2) is 6.04. The van der Waals surface area contributed by atoms with Gasteiger partial charge in [0, 0.05) is 6.04 Å². The van der Waals surface area contributed by atoms with Gasteiger partial charge in [-0.25, -0.2) is 8.42 Å². The van der Waals surface area contributed by atoms with Crippen LogP contribution in [0.4, 0.5) is 0 Å². The monoisotopic (exact) mass is 273 g/mol. The fourth-order valence-corrected chi connectivity index (χ4v) is 4.68. The van der Waals surface area contributed by atoms with E-state index in [1.54, 1.807) is 0 Å². The lowest BCUT2D eigenvalue weighted by Crippen LogP contribution is -2.42. The van der Waals surface area contributed by atoms with E-state index in [0.29, 0.717) is 6.42 Å². The molecule has 2 rings (SSSR count). The van der Waals surface area contributed by atoms with Gasteiger partial charge in [0.05, 0.1) is 17.4 Å². The summed E-state index contributed by atoms with van der Waals surface area (Å²) in [5.74, 6) is -0.0525. The van der Waals surface area contributed by atoms with Crippen LogP contribution in [0.2, 0.25) is 0 Å². The number of hydrogen-bond acceptors (Lipinski definition) is 3. The van der Waals surface area contributed by atoms with E-state index in [-0.39, 0.29) is 29.4 Å². The Morgan fingerprint density at radius 2 is 1.61 bits per heavy atom. The van der Waals surface area contributed by atoms with Gasteiger partial charge in [-0.15, -0.1) is 0 Å². The summed E-state index contributed by atoms with van der Waals surface area (Å²) < 4.78 is 23.1. The van der Waals surface area contributed by atoms with E-state index >= 15 is 0 Å². The molecule has 0 bridgehead atoms. The molecule has 1 saturated heterocycles. The number of hydrogen-bond donors (Lipinski definition) is 1. The minimum atomic E-state index is -2.99. The van der Waals surface area contributed by atoms with Gasteiger partial charge in [0.1, 0.15) is 0 Å². The lowest BCUT2D eigenvalue weighted by atomic mass is 10.0. The van der Waals surface area contributed by atoms with Gasteiger partial charge >= 0.3 is 0 Å². The summed E-state index contributed by atoms with van der Waals surface area (Å²) in [6.45, 7) is 0. The Labute approximate surface area is 109 Å². The van der Waals surface area contributed by atoms with Crippen LogP contribution in [0.3, 0.4) is 0 Å². The quantitative estimate of drug-likeness (QED) is 0.778. The maximum Gasteiger partial charge on any atom is 0.224 e. The van der Waals surface area contributed by atoms with E-state index in [9.17, 15) is 13.2 Å². The van der Waals surface area contributed by atoms with Crippen molar-refractivity contribution in [1.29, 1.82) is 0 Å². The number of nitrogens with one attached hydrogen (secondary N) is 1. The summed E-state index contributed by atoms with van der Waals surface area (Å²) in [6, 6.07) is 0.268. The molecule has 1 N–H and O–H groups in total. The van der Waals surface area contributed by atoms with Gasteiger partial charge in [-0.2, -0.15) is 0 Å². The molecule has 2 fully saturated rings. The smallest absolute Gasteiger partial charge is 0.224 e. The third-order valence-electron chi connectivity index (χ3n) is 4.04. The Balaban J connectivity index is 1.86. The van der Waals surface area contributed by atoms with Crippen LogP contribution in [0.1, 0.15) is 51.4 Å². The molecule has 1 atom stereocenters.